The molecule has 0 fully saturated rings. The summed E-state index contributed by atoms with van der Waals surface area (Å²) in [6, 6.07) is 9.09. The maximum Gasteiger partial charge on any atom is 0.138 e. The number of hydrogen-bond donors (Lipinski definition) is 2. The van der Waals surface area contributed by atoms with Crippen LogP contribution in [0.4, 0.5) is 5.69 Å². The standard InChI is InChI=1S/C11H13N3O/c1-14-7-6-9(13-14)8-12-10-4-2-3-5-11(10)15/h2-7,12,15H,8H2,1H3. The lowest BCUT2D eigenvalue weighted by atomic mass is 10.3. The van der Waals surface area contributed by atoms with E-state index in [-0.39, 0.29) is 5.75 Å². The molecule has 1 aromatic carbocycles. The molecule has 0 atom stereocenters. The van der Waals surface area contributed by atoms with Crippen LogP contribution in [0.3, 0.4) is 0 Å². The highest BCUT2D eigenvalue weighted by Crippen LogP contribution is 2.21. The van der Waals surface area contributed by atoms with Crippen LogP contribution >= 0.6 is 0 Å². The van der Waals surface area contributed by atoms with E-state index in [1.807, 2.05) is 31.4 Å². The number of hydrogen-bond acceptors (Lipinski definition) is 3. The highest BCUT2D eigenvalue weighted by Gasteiger charge is 2.00. The molecule has 2 rings (SSSR count). The fourth-order valence-corrected chi connectivity index (χ4v) is 1.37. The normalized spacial score (nSPS) is 10.2. The van der Waals surface area contributed by atoms with Gasteiger partial charge in [0, 0.05) is 13.2 Å². The number of nitrogens with one attached hydrogen (secondary N) is 1. The van der Waals surface area contributed by atoms with E-state index < -0.39 is 0 Å². The Balaban J connectivity index is 2.02. The monoisotopic (exact) mass is 203 g/mol. The number of anilines is 1. The van der Waals surface area contributed by atoms with Crippen molar-refractivity contribution in [3.63, 3.8) is 0 Å². The molecule has 0 saturated carbocycles. The summed E-state index contributed by atoms with van der Waals surface area (Å²) in [6.07, 6.45) is 1.89. The Morgan fingerprint density at radius 1 is 1.33 bits per heavy atom. The van der Waals surface area contributed by atoms with E-state index in [0.29, 0.717) is 6.54 Å². The van der Waals surface area contributed by atoms with E-state index in [4.69, 9.17) is 0 Å². The second-order valence-corrected chi connectivity index (χ2v) is 3.35. The van der Waals surface area contributed by atoms with Crippen LogP contribution in [0.5, 0.6) is 5.75 Å². The molecule has 0 unspecified atom stereocenters. The molecule has 0 saturated heterocycles. The van der Waals surface area contributed by atoms with Crippen molar-refractivity contribution in [3.05, 3.63) is 42.2 Å². The summed E-state index contributed by atoms with van der Waals surface area (Å²) in [5.74, 6) is 0.258. The zero-order valence-corrected chi connectivity index (χ0v) is 8.51. The summed E-state index contributed by atoms with van der Waals surface area (Å²) < 4.78 is 1.75. The van der Waals surface area contributed by atoms with Crippen molar-refractivity contribution in [1.29, 1.82) is 0 Å². The van der Waals surface area contributed by atoms with Gasteiger partial charge in [0.15, 0.2) is 0 Å². The predicted octanol–water partition coefficient (Wildman–Crippen LogP) is 1.74. The molecule has 2 aromatic rings. The molecule has 0 bridgehead atoms. The van der Waals surface area contributed by atoms with Gasteiger partial charge < -0.3 is 10.4 Å². The van der Waals surface area contributed by atoms with E-state index in [1.165, 1.54) is 0 Å². The molecular weight excluding hydrogens is 190 g/mol. The summed E-state index contributed by atoms with van der Waals surface area (Å²) >= 11 is 0. The van der Waals surface area contributed by atoms with Crippen LogP contribution in [-0.2, 0) is 13.6 Å². The van der Waals surface area contributed by atoms with Crippen molar-refractivity contribution in [3.8, 4) is 5.75 Å². The zero-order chi connectivity index (χ0) is 10.7. The van der Waals surface area contributed by atoms with Crippen LogP contribution < -0.4 is 5.32 Å². The number of phenolic OH excluding ortho intramolecular Hbond substituents is 1. The number of nitrogens with zero attached hydrogens (tertiary/aromatic N) is 2. The third-order valence-corrected chi connectivity index (χ3v) is 2.13. The van der Waals surface area contributed by atoms with Crippen molar-refractivity contribution >= 4 is 5.69 Å². The van der Waals surface area contributed by atoms with Crippen LogP contribution in [-0.4, -0.2) is 14.9 Å². The molecule has 0 radical (unpaired) electrons. The highest BCUT2D eigenvalue weighted by atomic mass is 16.3. The lowest BCUT2D eigenvalue weighted by Gasteiger charge is -2.05. The van der Waals surface area contributed by atoms with Gasteiger partial charge in [0.2, 0.25) is 0 Å². The van der Waals surface area contributed by atoms with E-state index in [2.05, 4.69) is 10.4 Å². The van der Waals surface area contributed by atoms with E-state index in [1.54, 1.807) is 16.8 Å². The first-order valence-electron chi connectivity index (χ1n) is 4.76. The van der Waals surface area contributed by atoms with Gasteiger partial charge >= 0.3 is 0 Å². The number of rotatable bonds is 3. The number of para-hydroxylation sites is 2. The Labute approximate surface area is 88.2 Å². The van der Waals surface area contributed by atoms with E-state index in [0.717, 1.165) is 11.4 Å². The van der Waals surface area contributed by atoms with Crippen molar-refractivity contribution in [1.82, 2.24) is 9.78 Å². The maximum absolute atomic E-state index is 9.51. The minimum atomic E-state index is 0.258. The van der Waals surface area contributed by atoms with E-state index >= 15 is 0 Å². The topological polar surface area (TPSA) is 50.1 Å². The first-order valence-corrected chi connectivity index (χ1v) is 4.76. The number of aryl methyl sites for hydroxylation is 1. The Kier molecular flexibility index (Phi) is 2.58. The van der Waals surface area contributed by atoms with Crippen LogP contribution in [0.15, 0.2) is 36.5 Å². The molecule has 0 spiro atoms. The minimum absolute atomic E-state index is 0.258. The molecule has 0 aliphatic carbocycles. The summed E-state index contributed by atoms with van der Waals surface area (Å²) in [6.45, 7) is 0.610. The SMILES string of the molecule is Cn1ccc(CNc2ccccc2O)n1. The molecule has 4 nitrogen and oxygen atoms in total. The van der Waals surface area contributed by atoms with Crippen molar-refractivity contribution < 1.29 is 5.11 Å². The maximum atomic E-state index is 9.51. The molecule has 2 N–H and O–H groups in total. The molecular formula is C11H13N3O. The van der Waals surface area contributed by atoms with Crippen molar-refractivity contribution in [2.24, 2.45) is 7.05 Å². The van der Waals surface area contributed by atoms with Gasteiger partial charge in [-0.1, -0.05) is 12.1 Å². The Hall–Kier alpha value is -1.97. The van der Waals surface area contributed by atoms with Gasteiger partial charge in [0.05, 0.1) is 17.9 Å². The summed E-state index contributed by atoms with van der Waals surface area (Å²) in [5.41, 5.74) is 1.67. The molecule has 1 heterocycles. The average molecular weight is 203 g/mol. The van der Waals surface area contributed by atoms with Crippen molar-refractivity contribution in [2.45, 2.75) is 6.54 Å². The Morgan fingerprint density at radius 3 is 2.80 bits per heavy atom. The van der Waals surface area contributed by atoms with Crippen LogP contribution in [0, 0.1) is 0 Å². The average Bonchev–Trinajstić information content (AvgIpc) is 2.63. The lowest BCUT2D eigenvalue weighted by Crippen LogP contribution is -2.01. The molecule has 1 aromatic heterocycles. The number of aromatic nitrogens is 2. The molecule has 78 valence electrons. The van der Waals surface area contributed by atoms with Gasteiger partial charge in [-0.15, -0.1) is 0 Å². The Morgan fingerprint density at radius 2 is 2.13 bits per heavy atom. The molecule has 0 amide bonds. The smallest absolute Gasteiger partial charge is 0.138 e. The van der Waals surface area contributed by atoms with Crippen LogP contribution in [0.2, 0.25) is 0 Å². The largest absolute Gasteiger partial charge is 0.506 e. The van der Waals surface area contributed by atoms with Gasteiger partial charge in [-0.3, -0.25) is 4.68 Å². The van der Waals surface area contributed by atoms with Gasteiger partial charge in [-0.2, -0.15) is 5.10 Å². The van der Waals surface area contributed by atoms with Gasteiger partial charge in [-0.25, -0.2) is 0 Å². The number of aromatic hydroxyl groups is 1. The van der Waals surface area contributed by atoms with Gasteiger partial charge in [-0.05, 0) is 18.2 Å². The van der Waals surface area contributed by atoms with Gasteiger partial charge in [0.1, 0.15) is 5.75 Å². The van der Waals surface area contributed by atoms with Gasteiger partial charge in [0.25, 0.3) is 0 Å². The van der Waals surface area contributed by atoms with Crippen molar-refractivity contribution in [2.75, 3.05) is 5.32 Å². The third-order valence-electron chi connectivity index (χ3n) is 2.13. The number of phenols is 1. The summed E-state index contributed by atoms with van der Waals surface area (Å²) in [5, 5.41) is 16.9. The second kappa shape index (κ2) is 4.04. The molecule has 15 heavy (non-hydrogen) atoms. The number of benzene rings is 1. The van der Waals surface area contributed by atoms with Crippen LogP contribution in [0.1, 0.15) is 5.69 Å². The van der Waals surface area contributed by atoms with Crippen LogP contribution in [0.25, 0.3) is 0 Å². The fraction of sp³-hybridized carbons (Fsp3) is 0.182. The zero-order valence-electron chi connectivity index (χ0n) is 8.51. The first kappa shape index (κ1) is 9.58. The quantitative estimate of drug-likeness (QED) is 0.747. The molecule has 0 aliphatic heterocycles. The second-order valence-electron chi connectivity index (χ2n) is 3.35. The summed E-state index contributed by atoms with van der Waals surface area (Å²) in [4.78, 5) is 0. The minimum Gasteiger partial charge on any atom is -0.506 e. The molecule has 4 heteroatoms. The molecule has 0 aliphatic rings. The predicted molar refractivity (Wildman–Crippen MR) is 58.6 cm³/mol. The Bertz CT molecular complexity index is 451. The fourth-order valence-electron chi connectivity index (χ4n) is 1.37. The van der Waals surface area contributed by atoms with E-state index in [9.17, 15) is 5.11 Å². The third kappa shape index (κ3) is 2.28. The lowest BCUT2D eigenvalue weighted by molar-refractivity contribution is 0.477. The first-order chi connectivity index (χ1) is 7.25. The summed E-state index contributed by atoms with van der Waals surface area (Å²) in [7, 11) is 1.88. The highest BCUT2D eigenvalue weighted by molar-refractivity contribution is 5.55.